The Labute approximate surface area is 124 Å². The van der Waals surface area contributed by atoms with E-state index in [-0.39, 0.29) is 0 Å². The molecule has 0 heterocycles. The largest absolute Gasteiger partial charge is 0.478 e. The first-order valence-corrected chi connectivity index (χ1v) is 6.67. The molecule has 0 fully saturated rings. The van der Waals surface area contributed by atoms with Crippen LogP contribution in [0.1, 0.15) is 10.4 Å². The van der Waals surface area contributed by atoms with E-state index in [9.17, 15) is 4.79 Å². The van der Waals surface area contributed by atoms with Crippen molar-refractivity contribution in [2.45, 2.75) is 0 Å². The van der Waals surface area contributed by atoms with Gasteiger partial charge in [0.1, 0.15) is 0 Å². The van der Waals surface area contributed by atoms with Crippen LogP contribution in [0.2, 0.25) is 0 Å². The highest BCUT2D eigenvalue weighted by Crippen LogP contribution is 2.22. The molecular weight excluding hydrogens is 260 g/mol. The van der Waals surface area contributed by atoms with E-state index in [1.807, 2.05) is 78.9 Å². The Bertz CT molecular complexity index is 649. The van der Waals surface area contributed by atoms with E-state index in [0.29, 0.717) is 5.56 Å². The van der Waals surface area contributed by atoms with Crippen molar-refractivity contribution < 1.29 is 9.90 Å². The van der Waals surface area contributed by atoms with Gasteiger partial charge in [0.2, 0.25) is 0 Å². The number of hydrogen-bond acceptors (Lipinski definition) is 1. The first kappa shape index (κ1) is 14.5. The van der Waals surface area contributed by atoms with Crippen LogP contribution in [0, 0.1) is 0 Å². The van der Waals surface area contributed by atoms with Crippen molar-refractivity contribution >= 4 is 5.97 Å². The Morgan fingerprint density at radius 3 is 1.57 bits per heavy atom. The third kappa shape index (κ3) is 4.32. The molecule has 104 valence electrons. The summed E-state index contributed by atoms with van der Waals surface area (Å²) in [4.78, 5) is 11.0. The Morgan fingerprint density at radius 2 is 1.05 bits per heavy atom. The van der Waals surface area contributed by atoms with Gasteiger partial charge in [0.05, 0.1) is 5.56 Å². The summed E-state index contributed by atoms with van der Waals surface area (Å²) in [5.41, 5.74) is 2.02. The maximum atomic E-state index is 11.0. The van der Waals surface area contributed by atoms with E-state index in [0.717, 1.165) is 11.1 Å². The number of benzene rings is 3. The molecule has 0 aromatic heterocycles. The van der Waals surface area contributed by atoms with Gasteiger partial charge in [0, 0.05) is 0 Å². The zero-order valence-corrected chi connectivity index (χ0v) is 11.5. The van der Waals surface area contributed by atoms with E-state index in [4.69, 9.17) is 5.11 Å². The molecule has 0 aliphatic heterocycles. The number of carboxylic acids is 1. The molecule has 0 saturated heterocycles. The first-order chi connectivity index (χ1) is 10.3. The fraction of sp³-hybridized carbons (Fsp3) is 0. The first-order valence-electron chi connectivity index (χ1n) is 6.67. The van der Waals surface area contributed by atoms with Crippen molar-refractivity contribution in [3.8, 4) is 11.1 Å². The van der Waals surface area contributed by atoms with E-state index in [2.05, 4.69) is 0 Å². The van der Waals surface area contributed by atoms with E-state index in [1.165, 1.54) is 0 Å². The Hall–Kier alpha value is -2.87. The highest BCUT2D eigenvalue weighted by Gasteiger charge is 2.09. The lowest BCUT2D eigenvalue weighted by Gasteiger charge is -2.05. The zero-order chi connectivity index (χ0) is 14.9. The molecular formula is C19H16O2. The van der Waals surface area contributed by atoms with E-state index >= 15 is 0 Å². The fourth-order valence-electron chi connectivity index (χ4n) is 1.92. The summed E-state index contributed by atoms with van der Waals surface area (Å²) in [5, 5.41) is 9.03. The van der Waals surface area contributed by atoms with E-state index in [1.54, 1.807) is 12.1 Å². The maximum Gasteiger partial charge on any atom is 0.336 e. The van der Waals surface area contributed by atoms with Crippen molar-refractivity contribution in [2.75, 3.05) is 0 Å². The van der Waals surface area contributed by atoms with Crippen molar-refractivity contribution in [3.05, 3.63) is 96.6 Å². The summed E-state index contributed by atoms with van der Waals surface area (Å²) in [5.74, 6) is -0.894. The average Bonchev–Trinajstić information content (AvgIpc) is 2.58. The molecule has 21 heavy (non-hydrogen) atoms. The van der Waals surface area contributed by atoms with Crippen LogP contribution in [-0.2, 0) is 0 Å². The van der Waals surface area contributed by atoms with Gasteiger partial charge in [-0.3, -0.25) is 0 Å². The number of carboxylic acid groups (broad SMARTS) is 1. The minimum atomic E-state index is -0.894. The van der Waals surface area contributed by atoms with Crippen LogP contribution in [0.3, 0.4) is 0 Å². The summed E-state index contributed by atoms with van der Waals surface area (Å²) in [6.07, 6.45) is 0. The summed E-state index contributed by atoms with van der Waals surface area (Å²) in [6, 6.07) is 28.5. The molecule has 3 aromatic carbocycles. The van der Waals surface area contributed by atoms with Crippen LogP contribution in [0.15, 0.2) is 91.0 Å². The quantitative estimate of drug-likeness (QED) is 0.734. The summed E-state index contributed by atoms with van der Waals surface area (Å²) < 4.78 is 0. The summed E-state index contributed by atoms with van der Waals surface area (Å²) in [6.45, 7) is 0. The Kier molecular flexibility index (Phi) is 5.30. The van der Waals surface area contributed by atoms with Gasteiger partial charge in [-0.2, -0.15) is 0 Å². The molecule has 2 heteroatoms. The molecule has 3 rings (SSSR count). The molecule has 0 aliphatic carbocycles. The van der Waals surface area contributed by atoms with Crippen molar-refractivity contribution in [1.29, 1.82) is 0 Å². The molecule has 2 nitrogen and oxygen atoms in total. The van der Waals surface area contributed by atoms with Crippen LogP contribution < -0.4 is 0 Å². The highest BCUT2D eigenvalue weighted by molar-refractivity contribution is 5.95. The third-order valence-electron chi connectivity index (χ3n) is 2.91. The number of hydrogen-bond donors (Lipinski definition) is 1. The van der Waals surface area contributed by atoms with Crippen molar-refractivity contribution in [3.63, 3.8) is 0 Å². The molecule has 0 radical (unpaired) electrons. The van der Waals surface area contributed by atoms with Crippen molar-refractivity contribution in [2.24, 2.45) is 0 Å². The monoisotopic (exact) mass is 276 g/mol. The number of aromatic carboxylic acids is 1. The van der Waals surface area contributed by atoms with Gasteiger partial charge in [-0.15, -0.1) is 0 Å². The van der Waals surface area contributed by atoms with Crippen LogP contribution in [0.5, 0.6) is 0 Å². The van der Waals surface area contributed by atoms with Gasteiger partial charge in [-0.05, 0) is 17.2 Å². The summed E-state index contributed by atoms with van der Waals surface area (Å²) >= 11 is 0. The molecule has 0 spiro atoms. The second kappa shape index (κ2) is 7.65. The lowest BCUT2D eigenvalue weighted by molar-refractivity contribution is 0.0697. The molecule has 0 atom stereocenters. The van der Waals surface area contributed by atoms with Crippen LogP contribution in [0.4, 0.5) is 0 Å². The smallest absolute Gasteiger partial charge is 0.336 e. The lowest BCUT2D eigenvalue weighted by Crippen LogP contribution is -1.98. The predicted octanol–water partition coefficient (Wildman–Crippen LogP) is 4.74. The molecule has 0 bridgehead atoms. The molecule has 0 amide bonds. The van der Waals surface area contributed by atoms with Crippen LogP contribution in [0.25, 0.3) is 11.1 Å². The second-order valence-corrected chi connectivity index (χ2v) is 4.37. The number of carbonyl (C=O) groups is 1. The fourth-order valence-corrected chi connectivity index (χ4v) is 1.92. The SMILES string of the molecule is O=C(O)c1ccccc1-c1ccccc1.c1ccccc1. The topological polar surface area (TPSA) is 37.3 Å². The lowest BCUT2D eigenvalue weighted by atomic mass is 10.00. The van der Waals surface area contributed by atoms with Crippen molar-refractivity contribution in [1.82, 2.24) is 0 Å². The van der Waals surface area contributed by atoms with Crippen LogP contribution >= 0.6 is 0 Å². The normalized spacial score (nSPS) is 9.33. The summed E-state index contributed by atoms with van der Waals surface area (Å²) in [7, 11) is 0. The van der Waals surface area contributed by atoms with Gasteiger partial charge >= 0.3 is 5.97 Å². The van der Waals surface area contributed by atoms with Crippen LogP contribution in [-0.4, -0.2) is 11.1 Å². The third-order valence-corrected chi connectivity index (χ3v) is 2.91. The minimum Gasteiger partial charge on any atom is -0.478 e. The average molecular weight is 276 g/mol. The predicted molar refractivity (Wildman–Crippen MR) is 85.3 cm³/mol. The maximum absolute atomic E-state index is 11.0. The number of rotatable bonds is 2. The molecule has 1 N–H and O–H groups in total. The highest BCUT2D eigenvalue weighted by atomic mass is 16.4. The van der Waals surface area contributed by atoms with Gasteiger partial charge in [-0.25, -0.2) is 4.79 Å². The van der Waals surface area contributed by atoms with E-state index < -0.39 is 5.97 Å². The molecule has 3 aromatic rings. The molecule has 0 aliphatic rings. The minimum absolute atomic E-state index is 0.337. The van der Waals surface area contributed by atoms with Gasteiger partial charge < -0.3 is 5.11 Å². The zero-order valence-electron chi connectivity index (χ0n) is 11.5. The Balaban J connectivity index is 0.000000225. The molecule has 0 saturated carbocycles. The van der Waals surface area contributed by atoms with Gasteiger partial charge in [0.25, 0.3) is 0 Å². The standard InChI is InChI=1S/C13H10O2.C6H6/c14-13(15)12-9-5-4-8-11(12)10-6-2-1-3-7-10;1-2-4-6-5-3-1/h1-9H,(H,14,15);1-6H. The van der Waals surface area contributed by atoms with Gasteiger partial charge in [0.15, 0.2) is 0 Å². The van der Waals surface area contributed by atoms with Gasteiger partial charge in [-0.1, -0.05) is 84.9 Å². The second-order valence-electron chi connectivity index (χ2n) is 4.37. The Morgan fingerprint density at radius 1 is 0.619 bits per heavy atom. The molecule has 0 unspecified atom stereocenters.